The van der Waals surface area contributed by atoms with Gasteiger partial charge in [-0.1, -0.05) is 151 Å². The van der Waals surface area contributed by atoms with E-state index in [1.54, 1.807) is 5.56 Å². The molecule has 0 aliphatic heterocycles. The van der Waals surface area contributed by atoms with Gasteiger partial charge in [-0.05, 0) is 177 Å². The molecule has 1 spiro atoms. The van der Waals surface area contributed by atoms with Crippen molar-refractivity contribution in [3.63, 3.8) is 0 Å². The molecule has 65 heavy (non-hydrogen) atoms. The van der Waals surface area contributed by atoms with Crippen LogP contribution in [0, 0.1) is 18.8 Å². The highest BCUT2D eigenvalue weighted by atomic mass is 16.3. The van der Waals surface area contributed by atoms with Crippen LogP contribution in [0.25, 0.3) is 55.3 Å². The van der Waals surface area contributed by atoms with E-state index in [0.717, 1.165) is 22.8 Å². The molecule has 1 heterocycles. The minimum Gasteiger partial charge on any atom is -0.454 e. The zero-order valence-corrected chi connectivity index (χ0v) is 39.2. The van der Waals surface area contributed by atoms with E-state index in [0.29, 0.717) is 11.8 Å². The lowest BCUT2D eigenvalue weighted by atomic mass is 9.67. The Balaban J connectivity index is 1.06. The standard InChI is InChI=1S/C63H61NO/c1-38-20-31-57(60-58(38)52-34-42(40-22-25-43(26-23-40)61(2,3)4)33-51(59(52)65-60)41-14-8-7-9-15-41)64(45-27-29-49-47-16-10-12-18-53(47)62(5,6)55(49)35-45)46-28-30-50-48-17-11-13-19-54(48)63(56(50)36-46)37-39-21-24-44(63)32-39/h10-13,16-20,22-23,25-31,33-36,39,41,44H,7-9,14-15,21,24,32,37H2,1-6H3. The number of anilines is 3. The largest absolute Gasteiger partial charge is 0.454 e. The van der Waals surface area contributed by atoms with Crippen LogP contribution in [0.15, 0.2) is 138 Å². The van der Waals surface area contributed by atoms with Crippen LogP contribution in [0.5, 0.6) is 0 Å². The van der Waals surface area contributed by atoms with E-state index in [1.807, 2.05) is 0 Å². The summed E-state index contributed by atoms with van der Waals surface area (Å²) in [6, 6.07) is 52.2. The minimum atomic E-state index is -0.126. The van der Waals surface area contributed by atoms with Crippen molar-refractivity contribution >= 4 is 39.0 Å². The van der Waals surface area contributed by atoms with Gasteiger partial charge in [0.2, 0.25) is 0 Å². The molecule has 3 atom stereocenters. The van der Waals surface area contributed by atoms with Crippen LogP contribution in [-0.2, 0) is 16.2 Å². The topological polar surface area (TPSA) is 16.4 Å². The third-order valence-electron chi connectivity index (χ3n) is 17.4. The SMILES string of the molecule is Cc1ccc(N(c2ccc3c(c2)C(C)(C)c2ccccc2-3)c2ccc3c(c2)C2(CC4CCC2C4)c2ccccc2-3)c2oc3c(C4CCCCC4)cc(-c4ccc(C(C)(C)C)cc4)cc3c12. The maximum Gasteiger partial charge on any atom is 0.159 e. The third kappa shape index (κ3) is 5.71. The van der Waals surface area contributed by atoms with Gasteiger partial charge in [-0.2, -0.15) is 0 Å². The molecule has 3 saturated carbocycles. The van der Waals surface area contributed by atoms with Crippen LogP contribution in [-0.4, -0.2) is 0 Å². The van der Waals surface area contributed by atoms with Gasteiger partial charge in [0.1, 0.15) is 5.58 Å². The van der Waals surface area contributed by atoms with Crippen molar-refractivity contribution < 1.29 is 4.42 Å². The van der Waals surface area contributed by atoms with Crippen molar-refractivity contribution in [1.82, 2.24) is 0 Å². The number of nitrogens with zero attached hydrogens (tertiary/aromatic N) is 1. The van der Waals surface area contributed by atoms with Gasteiger partial charge in [0.15, 0.2) is 5.58 Å². The van der Waals surface area contributed by atoms with Crippen LogP contribution >= 0.6 is 0 Å². The summed E-state index contributed by atoms with van der Waals surface area (Å²) >= 11 is 0. The normalized spacial score (nSPS) is 21.6. The fourth-order valence-electron chi connectivity index (χ4n) is 14.2. The molecule has 2 bridgehead atoms. The number of hydrogen-bond acceptors (Lipinski definition) is 2. The van der Waals surface area contributed by atoms with Crippen LogP contribution in [0.4, 0.5) is 17.1 Å². The summed E-state index contributed by atoms with van der Waals surface area (Å²) in [5, 5.41) is 2.48. The van der Waals surface area contributed by atoms with Gasteiger partial charge in [-0.25, -0.2) is 0 Å². The van der Waals surface area contributed by atoms with Gasteiger partial charge >= 0.3 is 0 Å². The number of benzene rings is 7. The van der Waals surface area contributed by atoms with Gasteiger partial charge < -0.3 is 9.32 Å². The van der Waals surface area contributed by atoms with Gasteiger partial charge in [-0.15, -0.1) is 0 Å². The monoisotopic (exact) mass is 847 g/mol. The Labute approximate surface area is 385 Å². The second-order valence-electron chi connectivity index (χ2n) is 22.4. The molecule has 5 aliphatic carbocycles. The minimum absolute atomic E-state index is 0.0798. The number of aryl methyl sites for hydroxylation is 1. The molecule has 0 radical (unpaired) electrons. The van der Waals surface area contributed by atoms with E-state index in [-0.39, 0.29) is 16.2 Å². The molecule has 0 amide bonds. The molecule has 2 heteroatoms. The van der Waals surface area contributed by atoms with Crippen LogP contribution in [0.2, 0.25) is 0 Å². The number of rotatable bonds is 5. The molecule has 3 fully saturated rings. The van der Waals surface area contributed by atoms with Gasteiger partial charge in [0.25, 0.3) is 0 Å². The van der Waals surface area contributed by atoms with Crippen molar-refractivity contribution in [2.45, 2.75) is 121 Å². The smallest absolute Gasteiger partial charge is 0.159 e. The lowest BCUT2D eigenvalue weighted by Crippen LogP contribution is -2.32. The van der Waals surface area contributed by atoms with Crippen molar-refractivity contribution in [3.05, 3.63) is 172 Å². The van der Waals surface area contributed by atoms with Crippen LogP contribution in [0.1, 0.15) is 137 Å². The average molecular weight is 848 g/mol. The van der Waals surface area contributed by atoms with E-state index < -0.39 is 0 Å². The van der Waals surface area contributed by atoms with Crippen molar-refractivity contribution in [1.29, 1.82) is 0 Å². The molecule has 7 aromatic carbocycles. The number of fused-ring (bicyclic) bond motifs is 14. The zero-order chi connectivity index (χ0) is 44.0. The molecule has 3 unspecified atom stereocenters. The highest BCUT2D eigenvalue weighted by Gasteiger charge is 2.56. The Morgan fingerprint density at radius 2 is 1.25 bits per heavy atom. The van der Waals surface area contributed by atoms with Gasteiger partial charge in [0.05, 0.1) is 5.69 Å². The maximum absolute atomic E-state index is 7.55. The summed E-state index contributed by atoms with van der Waals surface area (Å²) in [6.45, 7) is 14.0. The predicted octanol–water partition coefficient (Wildman–Crippen LogP) is 17.8. The summed E-state index contributed by atoms with van der Waals surface area (Å²) < 4.78 is 7.55. The lowest BCUT2D eigenvalue weighted by molar-refractivity contribution is 0.327. The van der Waals surface area contributed by atoms with Crippen molar-refractivity contribution in [2.75, 3.05) is 4.90 Å². The Morgan fingerprint density at radius 3 is 1.94 bits per heavy atom. The van der Waals surface area contributed by atoms with Crippen LogP contribution in [0.3, 0.4) is 0 Å². The third-order valence-corrected chi connectivity index (χ3v) is 17.4. The molecular weight excluding hydrogens is 787 g/mol. The Kier molecular flexibility index (Phi) is 8.55. The predicted molar refractivity (Wildman–Crippen MR) is 272 cm³/mol. The van der Waals surface area contributed by atoms with E-state index in [2.05, 4.69) is 180 Å². The average Bonchev–Trinajstić information content (AvgIpc) is 4.14. The fourth-order valence-corrected chi connectivity index (χ4v) is 14.2. The highest BCUT2D eigenvalue weighted by Crippen LogP contribution is 2.66. The van der Waals surface area contributed by atoms with E-state index >= 15 is 0 Å². The summed E-state index contributed by atoms with van der Waals surface area (Å²) in [6.07, 6.45) is 11.6. The molecule has 2 nitrogen and oxygen atoms in total. The molecule has 5 aliphatic rings. The second kappa shape index (κ2) is 14.1. The first-order valence-electron chi connectivity index (χ1n) is 24.9. The first kappa shape index (κ1) is 39.5. The molecular formula is C63H61NO. The lowest BCUT2D eigenvalue weighted by Gasteiger charge is -2.37. The summed E-state index contributed by atoms with van der Waals surface area (Å²) in [4.78, 5) is 2.57. The quantitative estimate of drug-likeness (QED) is 0.172. The summed E-state index contributed by atoms with van der Waals surface area (Å²) in [7, 11) is 0. The Morgan fingerprint density at radius 1 is 0.585 bits per heavy atom. The Hall–Kier alpha value is -5.86. The number of furan rings is 1. The number of hydrogen-bond donors (Lipinski definition) is 0. The van der Waals surface area contributed by atoms with E-state index in [1.165, 1.54) is 147 Å². The summed E-state index contributed by atoms with van der Waals surface area (Å²) in [5.41, 5.74) is 23.7. The first-order chi connectivity index (χ1) is 31.5. The molecule has 13 rings (SSSR count). The molecule has 0 saturated heterocycles. The summed E-state index contributed by atoms with van der Waals surface area (Å²) in [5.74, 6) is 1.99. The van der Waals surface area contributed by atoms with Gasteiger partial charge in [0, 0.05) is 33.0 Å². The highest BCUT2D eigenvalue weighted by molar-refractivity contribution is 6.14. The molecule has 0 N–H and O–H groups in total. The maximum atomic E-state index is 7.55. The second-order valence-corrected chi connectivity index (χ2v) is 22.4. The molecule has 324 valence electrons. The van der Waals surface area contributed by atoms with Gasteiger partial charge in [-0.3, -0.25) is 0 Å². The van der Waals surface area contributed by atoms with Crippen molar-refractivity contribution in [2.24, 2.45) is 11.8 Å². The van der Waals surface area contributed by atoms with E-state index in [9.17, 15) is 0 Å². The first-order valence-corrected chi connectivity index (χ1v) is 24.9. The molecule has 1 aromatic heterocycles. The Bertz CT molecular complexity index is 3240. The zero-order valence-electron chi connectivity index (χ0n) is 39.2. The van der Waals surface area contributed by atoms with E-state index in [4.69, 9.17) is 4.42 Å². The van der Waals surface area contributed by atoms with Crippen LogP contribution < -0.4 is 4.90 Å². The fraction of sp³-hybridized carbons (Fsp3) is 0.333. The molecule has 8 aromatic rings. The van der Waals surface area contributed by atoms with Crippen molar-refractivity contribution in [3.8, 4) is 33.4 Å².